The average Bonchev–Trinajstić information content (AvgIpc) is 2.21. The topological polar surface area (TPSA) is 26.0 Å². The molecular weight excluding hydrogens is 170 g/mol. The highest BCUT2D eigenvalue weighted by atomic mass is 14.5. The molecule has 0 aliphatic carbocycles. The Morgan fingerprint density at radius 1 is 1.21 bits per heavy atom. The van der Waals surface area contributed by atoms with Crippen LogP contribution in [0.3, 0.4) is 0 Å². The van der Waals surface area contributed by atoms with E-state index >= 15 is 0 Å². The van der Waals surface area contributed by atoms with Crippen molar-refractivity contribution in [2.75, 3.05) is 6.54 Å². The predicted octanol–water partition coefficient (Wildman–Crippen LogP) is 3.00. The fourth-order valence-electron chi connectivity index (χ4n) is 1.40. The Hall–Kier alpha value is -1.08. The van der Waals surface area contributed by atoms with Crippen LogP contribution in [-0.2, 0) is 6.42 Å². The number of aryl methyl sites for hydroxylation is 1. The number of rotatable bonds is 5. The Bertz CT molecular complexity index is 272. The van der Waals surface area contributed by atoms with E-state index in [9.17, 15) is 0 Å². The first-order valence-corrected chi connectivity index (χ1v) is 5.32. The molecule has 0 unspecified atom stereocenters. The van der Waals surface area contributed by atoms with Crippen molar-refractivity contribution >= 4 is 6.08 Å². The minimum atomic E-state index is 0.727. The van der Waals surface area contributed by atoms with Gasteiger partial charge in [0.15, 0.2) is 0 Å². The Labute approximate surface area is 86.6 Å². The van der Waals surface area contributed by atoms with Gasteiger partial charge in [-0.25, -0.2) is 0 Å². The monoisotopic (exact) mass is 189 g/mol. The van der Waals surface area contributed by atoms with Crippen LogP contribution in [0.25, 0.3) is 6.08 Å². The molecule has 0 aliphatic rings. The highest BCUT2D eigenvalue weighted by Gasteiger charge is 1.90. The van der Waals surface area contributed by atoms with Crippen LogP contribution < -0.4 is 5.73 Å². The highest BCUT2D eigenvalue weighted by molar-refractivity contribution is 5.49. The zero-order chi connectivity index (χ0) is 10.2. The van der Waals surface area contributed by atoms with Gasteiger partial charge in [0.1, 0.15) is 0 Å². The fraction of sp³-hybridized carbons (Fsp3) is 0.385. The molecule has 0 aliphatic heterocycles. The zero-order valence-electron chi connectivity index (χ0n) is 8.87. The second-order valence-corrected chi connectivity index (χ2v) is 3.47. The van der Waals surface area contributed by atoms with Crippen LogP contribution in [0.15, 0.2) is 30.3 Å². The van der Waals surface area contributed by atoms with Gasteiger partial charge in [-0.05, 0) is 30.5 Å². The number of benzene rings is 1. The highest BCUT2D eigenvalue weighted by Crippen LogP contribution is 2.08. The summed E-state index contributed by atoms with van der Waals surface area (Å²) in [6.07, 6.45) is 7.59. The van der Waals surface area contributed by atoms with Crippen LogP contribution in [0, 0.1) is 0 Å². The van der Waals surface area contributed by atoms with Crippen molar-refractivity contribution in [2.45, 2.75) is 26.2 Å². The molecule has 0 heterocycles. The van der Waals surface area contributed by atoms with Gasteiger partial charge >= 0.3 is 0 Å². The first-order chi connectivity index (χ1) is 6.86. The van der Waals surface area contributed by atoms with Crippen molar-refractivity contribution in [1.82, 2.24) is 0 Å². The Morgan fingerprint density at radius 3 is 2.50 bits per heavy atom. The molecule has 0 aromatic heterocycles. The minimum Gasteiger partial charge on any atom is -0.330 e. The maximum absolute atomic E-state index is 5.41. The maximum atomic E-state index is 5.41. The van der Waals surface area contributed by atoms with Crippen LogP contribution in [0.2, 0.25) is 0 Å². The molecule has 2 N–H and O–H groups in total. The molecule has 0 saturated heterocycles. The first-order valence-electron chi connectivity index (χ1n) is 5.32. The predicted molar refractivity (Wildman–Crippen MR) is 63.1 cm³/mol. The van der Waals surface area contributed by atoms with Crippen molar-refractivity contribution in [3.63, 3.8) is 0 Å². The summed E-state index contributed by atoms with van der Waals surface area (Å²) in [7, 11) is 0. The number of hydrogen-bond acceptors (Lipinski definition) is 1. The van der Waals surface area contributed by atoms with E-state index in [1.807, 2.05) is 0 Å². The largest absolute Gasteiger partial charge is 0.330 e. The molecule has 1 aromatic rings. The lowest BCUT2D eigenvalue weighted by atomic mass is 10.1. The summed E-state index contributed by atoms with van der Waals surface area (Å²) in [5.74, 6) is 0. The Balaban J connectivity index is 2.54. The van der Waals surface area contributed by atoms with Crippen molar-refractivity contribution in [2.24, 2.45) is 5.73 Å². The van der Waals surface area contributed by atoms with E-state index in [1.54, 1.807) is 0 Å². The lowest BCUT2D eigenvalue weighted by Gasteiger charge is -1.98. The summed E-state index contributed by atoms with van der Waals surface area (Å²) in [5.41, 5.74) is 8.09. The third-order valence-electron chi connectivity index (χ3n) is 2.16. The average molecular weight is 189 g/mol. The van der Waals surface area contributed by atoms with Crippen LogP contribution in [0.1, 0.15) is 30.9 Å². The molecule has 0 atom stereocenters. The molecule has 14 heavy (non-hydrogen) atoms. The molecule has 0 saturated carbocycles. The molecule has 1 rings (SSSR count). The van der Waals surface area contributed by atoms with E-state index in [0.29, 0.717) is 0 Å². The van der Waals surface area contributed by atoms with Crippen LogP contribution in [-0.4, -0.2) is 6.54 Å². The van der Waals surface area contributed by atoms with E-state index in [0.717, 1.165) is 13.0 Å². The van der Waals surface area contributed by atoms with Gasteiger partial charge in [0, 0.05) is 0 Å². The molecule has 76 valence electrons. The van der Waals surface area contributed by atoms with Crippen molar-refractivity contribution in [3.8, 4) is 0 Å². The second kappa shape index (κ2) is 6.39. The van der Waals surface area contributed by atoms with Crippen molar-refractivity contribution in [1.29, 1.82) is 0 Å². The van der Waals surface area contributed by atoms with Gasteiger partial charge in [0.05, 0.1) is 0 Å². The minimum absolute atomic E-state index is 0.727. The van der Waals surface area contributed by atoms with Gasteiger partial charge in [-0.2, -0.15) is 0 Å². The molecule has 1 aromatic carbocycles. The van der Waals surface area contributed by atoms with Gasteiger partial charge in [-0.15, -0.1) is 0 Å². The molecule has 1 heteroatoms. The first kappa shape index (κ1) is 11.0. The van der Waals surface area contributed by atoms with Gasteiger partial charge in [-0.3, -0.25) is 0 Å². The number of hydrogen-bond donors (Lipinski definition) is 1. The van der Waals surface area contributed by atoms with E-state index < -0.39 is 0 Å². The number of nitrogens with two attached hydrogens (primary N) is 1. The summed E-state index contributed by atoms with van der Waals surface area (Å²) in [6, 6.07) is 8.73. The molecule has 0 fully saturated rings. The second-order valence-electron chi connectivity index (χ2n) is 3.47. The van der Waals surface area contributed by atoms with E-state index in [1.165, 1.54) is 24.0 Å². The van der Waals surface area contributed by atoms with E-state index in [-0.39, 0.29) is 0 Å². The lowest BCUT2D eigenvalue weighted by Crippen LogP contribution is -1.94. The summed E-state index contributed by atoms with van der Waals surface area (Å²) in [4.78, 5) is 0. The van der Waals surface area contributed by atoms with Gasteiger partial charge in [-0.1, -0.05) is 49.8 Å². The van der Waals surface area contributed by atoms with Crippen LogP contribution in [0.5, 0.6) is 0 Å². The summed E-state index contributed by atoms with van der Waals surface area (Å²) >= 11 is 0. The SMILES string of the molecule is CCCc1ccc(C=CCCN)cc1. The standard InChI is InChI=1S/C13H19N/c1-2-5-12-7-9-13(10-8-12)6-3-4-11-14/h3,6-10H,2,4-5,11,14H2,1H3. The van der Waals surface area contributed by atoms with Crippen molar-refractivity contribution < 1.29 is 0 Å². The molecule has 0 bridgehead atoms. The Morgan fingerprint density at radius 2 is 1.93 bits per heavy atom. The summed E-state index contributed by atoms with van der Waals surface area (Å²) in [6.45, 7) is 2.93. The Kier molecular flexibility index (Phi) is 5.02. The zero-order valence-corrected chi connectivity index (χ0v) is 8.87. The molecular formula is C13H19N. The van der Waals surface area contributed by atoms with E-state index in [2.05, 4.69) is 43.3 Å². The quantitative estimate of drug-likeness (QED) is 0.757. The van der Waals surface area contributed by atoms with Gasteiger partial charge in [0.2, 0.25) is 0 Å². The molecule has 0 spiro atoms. The summed E-state index contributed by atoms with van der Waals surface area (Å²) in [5, 5.41) is 0. The van der Waals surface area contributed by atoms with Crippen LogP contribution in [0.4, 0.5) is 0 Å². The lowest BCUT2D eigenvalue weighted by molar-refractivity contribution is 0.922. The van der Waals surface area contributed by atoms with Crippen LogP contribution >= 0.6 is 0 Å². The molecule has 0 radical (unpaired) electrons. The maximum Gasteiger partial charge on any atom is -0.00425 e. The smallest absolute Gasteiger partial charge is 0.00425 e. The van der Waals surface area contributed by atoms with Crippen molar-refractivity contribution in [3.05, 3.63) is 41.5 Å². The fourth-order valence-corrected chi connectivity index (χ4v) is 1.40. The van der Waals surface area contributed by atoms with Gasteiger partial charge in [0.25, 0.3) is 0 Å². The third kappa shape index (κ3) is 3.75. The third-order valence-corrected chi connectivity index (χ3v) is 2.16. The normalized spacial score (nSPS) is 11.0. The van der Waals surface area contributed by atoms with Gasteiger partial charge < -0.3 is 5.73 Å². The van der Waals surface area contributed by atoms with E-state index in [4.69, 9.17) is 5.73 Å². The summed E-state index contributed by atoms with van der Waals surface area (Å²) < 4.78 is 0. The molecule has 0 amide bonds. The molecule has 1 nitrogen and oxygen atoms in total.